The van der Waals surface area contributed by atoms with E-state index in [1.165, 1.54) is 0 Å². The summed E-state index contributed by atoms with van der Waals surface area (Å²) in [6, 6.07) is 15.1. The Balaban J connectivity index is 1.48. The molecule has 2 heterocycles. The molecule has 2 aromatic carbocycles. The molecule has 0 radical (unpaired) electrons. The summed E-state index contributed by atoms with van der Waals surface area (Å²) in [5, 5.41) is 9.07. The number of benzene rings is 2. The van der Waals surface area contributed by atoms with Crippen molar-refractivity contribution in [3.05, 3.63) is 87.7 Å². The summed E-state index contributed by atoms with van der Waals surface area (Å²) in [5.74, 6) is -0.356. The van der Waals surface area contributed by atoms with Gasteiger partial charge in [0.25, 0.3) is 11.8 Å². The lowest BCUT2D eigenvalue weighted by molar-refractivity contribution is -0.121. The Bertz CT molecular complexity index is 1450. The highest BCUT2D eigenvalue weighted by molar-refractivity contribution is 6.35. The van der Waals surface area contributed by atoms with Gasteiger partial charge in [-0.25, -0.2) is 0 Å². The zero-order valence-corrected chi connectivity index (χ0v) is 25.4. The molecule has 0 saturated carbocycles. The number of hydrogen-bond donors (Lipinski definition) is 4. The van der Waals surface area contributed by atoms with Gasteiger partial charge in [-0.3, -0.25) is 14.4 Å². The Labute approximate surface area is 249 Å². The summed E-state index contributed by atoms with van der Waals surface area (Å²) < 4.78 is 0. The number of aromatic amines is 1. The number of amides is 3. The summed E-state index contributed by atoms with van der Waals surface area (Å²) in [5.41, 5.74) is 7.33. The number of aromatic nitrogens is 1. The van der Waals surface area contributed by atoms with Crippen molar-refractivity contribution in [1.29, 1.82) is 0 Å². The summed E-state index contributed by atoms with van der Waals surface area (Å²) in [7, 11) is 0. The average Bonchev–Trinajstić information content (AvgIpc) is 3.46. The van der Waals surface area contributed by atoms with E-state index < -0.39 is 0 Å². The Hall–Kier alpha value is -4.17. The summed E-state index contributed by atoms with van der Waals surface area (Å²) >= 11 is 0. The Morgan fingerprint density at radius 2 is 1.76 bits per heavy atom. The topological polar surface area (TPSA) is 106 Å². The van der Waals surface area contributed by atoms with Crippen LogP contribution in [0.2, 0.25) is 0 Å². The van der Waals surface area contributed by atoms with Crippen LogP contribution in [-0.2, 0) is 16.0 Å². The SMILES string of the molecule is CC[C@@H](NC(=O)c1ccc2c(c1)/C(=C/c1[nH]c(C)c(CCC(=O)NCCN(CC)CC)c1C)C(=O)N2)c1ccccc1. The van der Waals surface area contributed by atoms with E-state index in [0.717, 1.165) is 54.1 Å². The average molecular weight is 570 g/mol. The molecule has 8 nitrogen and oxygen atoms in total. The minimum Gasteiger partial charge on any atom is -0.359 e. The monoisotopic (exact) mass is 569 g/mol. The van der Waals surface area contributed by atoms with Gasteiger partial charge >= 0.3 is 0 Å². The number of nitrogens with one attached hydrogen (secondary N) is 4. The third-order valence-corrected chi connectivity index (χ3v) is 8.15. The molecule has 0 bridgehead atoms. The number of likely N-dealkylation sites (N-methyl/N-ethyl adjacent to an activating group) is 1. The molecule has 3 amide bonds. The molecule has 0 saturated heterocycles. The molecule has 1 aromatic heterocycles. The standard InChI is InChI=1S/C34H43N5O3/c1-6-29(24-12-10-9-11-13-24)37-33(41)25-14-16-30-27(20-25)28(34(42)38-30)21-31-22(4)26(23(5)36-31)15-17-32(40)35-18-19-39(7-2)8-3/h9-14,16,20-21,29,36H,6-8,15,17-19H2,1-5H3,(H,35,40)(H,37,41)(H,38,42)/b28-21-/t29-/m1/s1. The number of aryl methyl sites for hydroxylation is 1. The summed E-state index contributed by atoms with van der Waals surface area (Å²) in [6.07, 6.45) is 3.62. The van der Waals surface area contributed by atoms with Crippen LogP contribution in [-0.4, -0.2) is 53.8 Å². The lowest BCUT2D eigenvalue weighted by atomic mass is 10.00. The van der Waals surface area contributed by atoms with Gasteiger partial charge in [0.1, 0.15) is 0 Å². The van der Waals surface area contributed by atoms with Crippen molar-refractivity contribution in [2.45, 2.75) is 59.9 Å². The highest BCUT2D eigenvalue weighted by Gasteiger charge is 2.26. The van der Waals surface area contributed by atoms with E-state index in [1.807, 2.05) is 57.2 Å². The highest BCUT2D eigenvalue weighted by Crippen LogP contribution is 2.35. The molecule has 42 heavy (non-hydrogen) atoms. The van der Waals surface area contributed by atoms with E-state index in [0.29, 0.717) is 41.8 Å². The lowest BCUT2D eigenvalue weighted by Crippen LogP contribution is -2.34. The van der Waals surface area contributed by atoms with Gasteiger partial charge in [-0.2, -0.15) is 0 Å². The van der Waals surface area contributed by atoms with Crippen LogP contribution in [0.1, 0.15) is 83.7 Å². The number of anilines is 1. The number of carbonyl (C=O) groups is 3. The fourth-order valence-corrected chi connectivity index (χ4v) is 5.52. The predicted molar refractivity (Wildman–Crippen MR) is 169 cm³/mol. The van der Waals surface area contributed by atoms with Crippen molar-refractivity contribution in [3.63, 3.8) is 0 Å². The van der Waals surface area contributed by atoms with E-state index in [2.05, 4.69) is 39.7 Å². The van der Waals surface area contributed by atoms with Gasteiger partial charge in [0.15, 0.2) is 0 Å². The largest absolute Gasteiger partial charge is 0.359 e. The minimum absolute atomic E-state index is 0.0366. The van der Waals surface area contributed by atoms with Crippen LogP contribution in [0.3, 0.4) is 0 Å². The van der Waals surface area contributed by atoms with Gasteiger partial charge in [0.2, 0.25) is 5.91 Å². The first-order chi connectivity index (χ1) is 20.2. The molecule has 8 heteroatoms. The second-order valence-electron chi connectivity index (χ2n) is 10.8. The zero-order chi connectivity index (χ0) is 30.2. The number of carbonyl (C=O) groups excluding carboxylic acids is 3. The highest BCUT2D eigenvalue weighted by atomic mass is 16.2. The van der Waals surface area contributed by atoms with E-state index >= 15 is 0 Å². The van der Waals surface area contributed by atoms with E-state index in [9.17, 15) is 14.4 Å². The Morgan fingerprint density at radius 3 is 2.45 bits per heavy atom. The van der Waals surface area contributed by atoms with Gasteiger partial charge in [-0.1, -0.05) is 51.1 Å². The maximum atomic E-state index is 13.2. The quantitative estimate of drug-likeness (QED) is 0.207. The van der Waals surface area contributed by atoms with Crippen molar-refractivity contribution in [3.8, 4) is 0 Å². The molecule has 222 valence electrons. The second-order valence-corrected chi connectivity index (χ2v) is 10.8. The Kier molecular flexibility index (Phi) is 10.4. The van der Waals surface area contributed by atoms with Crippen LogP contribution in [0.15, 0.2) is 48.5 Å². The van der Waals surface area contributed by atoms with Crippen LogP contribution in [0.4, 0.5) is 5.69 Å². The van der Waals surface area contributed by atoms with Crippen molar-refractivity contribution in [2.24, 2.45) is 0 Å². The molecule has 1 atom stereocenters. The molecule has 4 N–H and O–H groups in total. The molecule has 0 aliphatic carbocycles. The fraction of sp³-hybridized carbons (Fsp3) is 0.382. The molecule has 1 aliphatic heterocycles. The Morgan fingerprint density at radius 1 is 1.02 bits per heavy atom. The van der Waals surface area contributed by atoms with Crippen LogP contribution >= 0.6 is 0 Å². The first-order valence-corrected chi connectivity index (χ1v) is 15.0. The zero-order valence-electron chi connectivity index (χ0n) is 25.4. The number of nitrogens with zero attached hydrogens (tertiary/aromatic N) is 1. The maximum absolute atomic E-state index is 13.2. The van der Waals surface area contributed by atoms with Crippen LogP contribution < -0.4 is 16.0 Å². The maximum Gasteiger partial charge on any atom is 0.256 e. The molecule has 4 rings (SSSR count). The minimum atomic E-state index is -0.209. The molecule has 3 aromatic rings. The number of H-pyrrole nitrogens is 1. The fourth-order valence-electron chi connectivity index (χ4n) is 5.52. The van der Waals surface area contributed by atoms with Crippen molar-refractivity contribution >= 4 is 35.1 Å². The van der Waals surface area contributed by atoms with Crippen molar-refractivity contribution < 1.29 is 14.4 Å². The van der Waals surface area contributed by atoms with Crippen molar-refractivity contribution in [2.75, 3.05) is 31.5 Å². The first-order valence-electron chi connectivity index (χ1n) is 15.0. The predicted octanol–water partition coefficient (Wildman–Crippen LogP) is 5.40. The van der Waals surface area contributed by atoms with E-state index in [-0.39, 0.29) is 23.8 Å². The van der Waals surface area contributed by atoms with Gasteiger partial charge in [0.05, 0.1) is 11.6 Å². The number of fused-ring (bicyclic) bond motifs is 1. The van der Waals surface area contributed by atoms with E-state index in [1.54, 1.807) is 18.2 Å². The number of rotatable bonds is 13. The van der Waals surface area contributed by atoms with Crippen LogP contribution in [0.25, 0.3) is 11.6 Å². The lowest BCUT2D eigenvalue weighted by Gasteiger charge is -2.17. The molecular weight excluding hydrogens is 526 g/mol. The van der Waals surface area contributed by atoms with Crippen LogP contribution in [0.5, 0.6) is 0 Å². The van der Waals surface area contributed by atoms with E-state index in [4.69, 9.17) is 0 Å². The smallest absolute Gasteiger partial charge is 0.256 e. The summed E-state index contributed by atoms with van der Waals surface area (Å²) in [4.78, 5) is 44.4. The third kappa shape index (κ3) is 7.18. The molecule has 0 unspecified atom stereocenters. The van der Waals surface area contributed by atoms with Gasteiger partial charge in [0, 0.05) is 47.7 Å². The van der Waals surface area contributed by atoms with Gasteiger partial charge in [-0.15, -0.1) is 0 Å². The molecule has 0 spiro atoms. The normalized spacial score (nSPS) is 14.1. The molecule has 0 fully saturated rings. The van der Waals surface area contributed by atoms with Gasteiger partial charge < -0.3 is 25.8 Å². The second kappa shape index (κ2) is 14.1. The first kappa shape index (κ1) is 30.8. The van der Waals surface area contributed by atoms with Crippen molar-refractivity contribution in [1.82, 2.24) is 20.5 Å². The van der Waals surface area contributed by atoms with Gasteiger partial charge in [-0.05, 0) is 80.7 Å². The number of hydrogen-bond acceptors (Lipinski definition) is 4. The summed E-state index contributed by atoms with van der Waals surface area (Å²) in [6.45, 7) is 13.7. The van der Waals surface area contributed by atoms with Crippen LogP contribution in [0, 0.1) is 13.8 Å². The molecular formula is C34H43N5O3. The third-order valence-electron chi connectivity index (χ3n) is 8.15. The molecule has 1 aliphatic rings.